The second-order valence-electron chi connectivity index (χ2n) is 21.0. The number of aliphatic hydroxyl groups excluding tert-OH is 5. The van der Waals surface area contributed by atoms with Crippen molar-refractivity contribution in [2.45, 2.75) is 307 Å². The van der Waals surface area contributed by atoms with Gasteiger partial charge in [-0.3, -0.25) is 9.59 Å². The number of unbranched alkanes of at least 4 members (excludes halogenated alkanes) is 30. The van der Waals surface area contributed by atoms with Crippen molar-refractivity contribution >= 4 is 11.9 Å². The molecule has 0 spiro atoms. The highest BCUT2D eigenvalue weighted by molar-refractivity contribution is 5.76. The van der Waals surface area contributed by atoms with Gasteiger partial charge in [0.25, 0.3) is 0 Å². The van der Waals surface area contributed by atoms with Gasteiger partial charge in [-0.2, -0.15) is 0 Å². The zero-order valence-corrected chi connectivity index (χ0v) is 47.3. The summed E-state index contributed by atoms with van der Waals surface area (Å²) in [6.45, 7) is 4.25. The number of hydrogen-bond acceptors (Lipinski definition) is 10. The van der Waals surface area contributed by atoms with Crippen molar-refractivity contribution < 1.29 is 49.3 Å². The molecule has 0 aromatic carbocycles. The van der Waals surface area contributed by atoms with Gasteiger partial charge < -0.3 is 45.1 Å². The first-order valence-corrected chi connectivity index (χ1v) is 30.6. The molecule has 74 heavy (non-hydrogen) atoms. The number of rotatable bonds is 52. The largest absolute Gasteiger partial charge is 0.466 e. The molecule has 7 unspecified atom stereocenters. The first-order valence-electron chi connectivity index (χ1n) is 30.6. The molecule has 1 heterocycles. The van der Waals surface area contributed by atoms with Gasteiger partial charge in [0.15, 0.2) is 6.29 Å². The van der Waals surface area contributed by atoms with Crippen LogP contribution in [0.1, 0.15) is 264 Å². The summed E-state index contributed by atoms with van der Waals surface area (Å²) in [5.74, 6) is -0.216. The van der Waals surface area contributed by atoms with Crippen molar-refractivity contribution in [1.82, 2.24) is 5.32 Å². The van der Waals surface area contributed by atoms with Crippen molar-refractivity contribution in [3.63, 3.8) is 0 Å². The highest BCUT2D eigenvalue weighted by Gasteiger charge is 2.44. The number of allylic oxidation sites excluding steroid dienone is 9. The van der Waals surface area contributed by atoms with Crippen LogP contribution < -0.4 is 5.32 Å². The highest BCUT2D eigenvalue weighted by Crippen LogP contribution is 2.23. The molecular weight excluding hydrogens is 931 g/mol. The molecule has 0 aliphatic carbocycles. The van der Waals surface area contributed by atoms with E-state index in [9.17, 15) is 35.1 Å². The Kier molecular flexibility index (Phi) is 49.1. The van der Waals surface area contributed by atoms with E-state index < -0.39 is 49.5 Å². The lowest BCUT2D eigenvalue weighted by Crippen LogP contribution is -2.60. The highest BCUT2D eigenvalue weighted by atomic mass is 16.7. The van der Waals surface area contributed by atoms with Crippen LogP contribution >= 0.6 is 0 Å². The van der Waals surface area contributed by atoms with Crippen LogP contribution in [0.3, 0.4) is 0 Å². The molecule has 1 aliphatic heterocycles. The molecule has 1 amide bonds. The third-order valence-corrected chi connectivity index (χ3v) is 14.1. The third-order valence-electron chi connectivity index (χ3n) is 14.1. The van der Waals surface area contributed by atoms with Gasteiger partial charge >= 0.3 is 5.97 Å². The monoisotopic (exact) mass is 1040 g/mol. The molecule has 0 bridgehead atoms. The summed E-state index contributed by atoms with van der Waals surface area (Å²) >= 11 is 0. The molecule has 6 N–H and O–H groups in total. The zero-order valence-electron chi connectivity index (χ0n) is 47.3. The minimum Gasteiger partial charge on any atom is -0.466 e. The molecule has 11 heteroatoms. The summed E-state index contributed by atoms with van der Waals surface area (Å²) in [7, 11) is 0. The molecule has 0 aromatic heterocycles. The number of amides is 1. The summed E-state index contributed by atoms with van der Waals surface area (Å²) < 4.78 is 16.7. The summed E-state index contributed by atoms with van der Waals surface area (Å²) in [5.41, 5.74) is 0. The van der Waals surface area contributed by atoms with Crippen LogP contribution in [0.2, 0.25) is 0 Å². The van der Waals surface area contributed by atoms with Gasteiger partial charge in [0, 0.05) is 12.8 Å². The molecule has 11 nitrogen and oxygen atoms in total. The van der Waals surface area contributed by atoms with E-state index in [1.807, 2.05) is 6.08 Å². The lowest BCUT2D eigenvalue weighted by molar-refractivity contribution is -0.302. The second kappa shape index (κ2) is 52.4. The number of carbonyl (C=O) groups excluding carboxylic acids is 2. The second-order valence-corrected chi connectivity index (χ2v) is 21.0. The SMILES string of the molecule is CCCC/C=C\C/C=C\CCCCCCCC(=O)OCCCCCCCCCCC/C=C\C/C=C\CCCCCCCCCC(=O)NC(COC1OC(CO)C(O)C(O)C1O)C(O)/C=C/CCCCCCCCC. The Bertz CT molecular complexity index is 1410. The van der Waals surface area contributed by atoms with E-state index in [-0.39, 0.29) is 18.5 Å². The Morgan fingerprint density at radius 2 is 0.919 bits per heavy atom. The molecule has 1 fully saturated rings. The van der Waals surface area contributed by atoms with E-state index in [0.717, 1.165) is 103 Å². The lowest BCUT2D eigenvalue weighted by atomic mass is 9.99. The number of hydrogen-bond donors (Lipinski definition) is 6. The Labute approximate surface area is 452 Å². The van der Waals surface area contributed by atoms with Crippen molar-refractivity contribution in [2.24, 2.45) is 0 Å². The molecule has 0 radical (unpaired) electrons. The topological polar surface area (TPSA) is 175 Å². The number of nitrogens with one attached hydrogen (secondary N) is 1. The van der Waals surface area contributed by atoms with Gasteiger partial charge in [0.05, 0.1) is 32.0 Å². The summed E-state index contributed by atoms with van der Waals surface area (Å²) in [6, 6.07) is -0.817. The summed E-state index contributed by atoms with van der Waals surface area (Å²) in [6.07, 6.45) is 57.6. The van der Waals surface area contributed by atoms with E-state index in [0.29, 0.717) is 19.4 Å². The van der Waals surface area contributed by atoms with Crippen LogP contribution in [0.15, 0.2) is 60.8 Å². The normalized spacial score (nSPS) is 19.3. The van der Waals surface area contributed by atoms with Gasteiger partial charge in [0.2, 0.25) is 5.91 Å². The number of aliphatic hydroxyl groups is 5. The van der Waals surface area contributed by atoms with E-state index in [1.165, 1.54) is 135 Å². The minimum absolute atomic E-state index is 0.0202. The standard InChI is InChI=1S/C63H113NO10/c1-3-5-7-9-11-13-14-15-28-31-35-39-43-47-51-59(68)72-52-48-44-40-36-32-29-26-24-22-20-18-16-17-19-21-23-25-27-30-34-38-42-46-50-58(67)64-55(56(66)49-45-41-37-33-12-10-8-6-4-2)54-73-63-62(71)61(70)60(69)57(53-65)74-63/h9,11,14-16,18-19,21,45,49,55-57,60-63,65-66,69-71H,3-8,10,12-13,17,20,22-44,46-48,50-54H2,1-2H3,(H,64,67)/b11-9-,15-14-,18-16-,21-19-,49-45+. The predicted molar refractivity (Wildman–Crippen MR) is 306 cm³/mol. The first kappa shape index (κ1) is 69.4. The number of esters is 1. The molecule has 1 saturated heterocycles. The molecule has 430 valence electrons. The van der Waals surface area contributed by atoms with Crippen LogP contribution in [0, 0.1) is 0 Å². The van der Waals surface area contributed by atoms with Crippen molar-refractivity contribution in [1.29, 1.82) is 0 Å². The average molecular weight is 1040 g/mol. The average Bonchev–Trinajstić information content (AvgIpc) is 3.40. The van der Waals surface area contributed by atoms with E-state index in [1.54, 1.807) is 6.08 Å². The molecule has 0 saturated carbocycles. The lowest BCUT2D eigenvalue weighted by Gasteiger charge is -2.40. The van der Waals surface area contributed by atoms with Crippen LogP contribution in [0.4, 0.5) is 0 Å². The van der Waals surface area contributed by atoms with Crippen molar-refractivity contribution in [3.05, 3.63) is 60.8 Å². The van der Waals surface area contributed by atoms with E-state index in [2.05, 4.69) is 67.8 Å². The Hall–Kier alpha value is -2.64. The quantitative estimate of drug-likeness (QED) is 0.0195. The molecule has 7 atom stereocenters. The van der Waals surface area contributed by atoms with Crippen molar-refractivity contribution in [3.8, 4) is 0 Å². The number of carbonyl (C=O) groups is 2. The molecule has 1 rings (SSSR count). The van der Waals surface area contributed by atoms with Gasteiger partial charge in [0.1, 0.15) is 24.4 Å². The fourth-order valence-electron chi connectivity index (χ4n) is 9.19. The molecule has 0 aromatic rings. The first-order chi connectivity index (χ1) is 36.2. The van der Waals surface area contributed by atoms with Crippen LogP contribution in [-0.4, -0.2) is 100 Å². The fraction of sp³-hybridized carbons (Fsp3) is 0.810. The predicted octanol–water partition coefficient (Wildman–Crippen LogP) is 14.2. The van der Waals surface area contributed by atoms with Crippen LogP contribution in [0.25, 0.3) is 0 Å². The van der Waals surface area contributed by atoms with Gasteiger partial charge in [-0.1, -0.05) is 222 Å². The van der Waals surface area contributed by atoms with Gasteiger partial charge in [-0.25, -0.2) is 0 Å². The van der Waals surface area contributed by atoms with E-state index in [4.69, 9.17) is 14.2 Å². The fourth-order valence-corrected chi connectivity index (χ4v) is 9.19. The van der Waals surface area contributed by atoms with Gasteiger partial charge in [-0.05, 0) is 89.9 Å². The zero-order chi connectivity index (χ0) is 53.8. The smallest absolute Gasteiger partial charge is 0.305 e. The molecule has 1 aliphatic rings. The summed E-state index contributed by atoms with van der Waals surface area (Å²) in [5, 5.41) is 54.2. The maximum Gasteiger partial charge on any atom is 0.305 e. The van der Waals surface area contributed by atoms with Gasteiger partial charge in [-0.15, -0.1) is 0 Å². The Balaban J connectivity index is 2.02. The Morgan fingerprint density at radius 3 is 1.41 bits per heavy atom. The molecular formula is C63H113NO10. The van der Waals surface area contributed by atoms with E-state index >= 15 is 0 Å². The number of ether oxygens (including phenoxy) is 3. The minimum atomic E-state index is -1.57. The van der Waals surface area contributed by atoms with Crippen molar-refractivity contribution in [2.75, 3.05) is 19.8 Å². The maximum atomic E-state index is 13.0. The maximum absolute atomic E-state index is 13.0. The summed E-state index contributed by atoms with van der Waals surface area (Å²) in [4.78, 5) is 25.0. The Morgan fingerprint density at radius 1 is 0.500 bits per heavy atom. The third kappa shape index (κ3) is 41.5. The van der Waals surface area contributed by atoms with Crippen LogP contribution in [0.5, 0.6) is 0 Å². The van der Waals surface area contributed by atoms with Crippen LogP contribution in [-0.2, 0) is 23.8 Å².